The maximum Gasteiger partial charge on any atom is 0.159 e. The molecule has 0 amide bonds. The second-order valence-electron chi connectivity index (χ2n) is 6.19. The Morgan fingerprint density at radius 2 is 1.56 bits per heavy atom. The fraction of sp³-hybridized carbons (Fsp3) is 0.238. The molecule has 3 aromatic carbocycles. The first-order valence-electron chi connectivity index (χ1n) is 8.37. The standard InChI is InChI=1S/C21H18F4/c1-2-3-4-5-13-10-15-6-8-16(21(25)20(15)19(24)11-13)14-7-9-17(22)18(23)12-14/h6-12H,2-5H2,1H3. The van der Waals surface area contributed by atoms with E-state index >= 15 is 0 Å². The van der Waals surface area contributed by atoms with Crippen LogP contribution in [-0.2, 0) is 6.42 Å². The van der Waals surface area contributed by atoms with Crippen LogP contribution in [0.2, 0.25) is 0 Å². The molecule has 0 saturated heterocycles. The minimum absolute atomic E-state index is 0.0454. The average Bonchev–Trinajstić information content (AvgIpc) is 2.58. The summed E-state index contributed by atoms with van der Waals surface area (Å²) in [7, 11) is 0. The molecule has 0 unspecified atom stereocenters. The summed E-state index contributed by atoms with van der Waals surface area (Å²) in [5.74, 6) is -3.47. The van der Waals surface area contributed by atoms with Gasteiger partial charge in [-0.05, 0) is 47.6 Å². The zero-order valence-electron chi connectivity index (χ0n) is 13.9. The highest BCUT2D eigenvalue weighted by Crippen LogP contribution is 2.32. The summed E-state index contributed by atoms with van der Waals surface area (Å²) < 4.78 is 55.8. The van der Waals surface area contributed by atoms with Gasteiger partial charge in [-0.3, -0.25) is 0 Å². The van der Waals surface area contributed by atoms with Gasteiger partial charge in [-0.15, -0.1) is 0 Å². The number of halogens is 4. The summed E-state index contributed by atoms with van der Waals surface area (Å²) in [6.45, 7) is 2.09. The minimum Gasteiger partial charge on any atom is -0.206 e. The maximum atomic E-state index is 14.8. The molecule has 3 rings (SSSR count). The van der Waals surface area contributed by atoms with Crippen LogP contribution >= 0.6 is 0 Å². The van der Waals surface area contributed by atoms with Crippen LogP contribution in [0.1, 0.15) is 31.7 Å². The van der Waals surface area contributed by atoms with Crippen molar-refractivity contribution < 1.29 is 17.6 Å². The predicted octanol–water partition coefficient (Wildman–Crippen LogP) is 6.80. The van der Waals surface area contributed by atoms with Gasteiger partial charge in [-0.2, -0.15) is 0 Å². The van der Waals surface area contributed by atoms with Gasteiger partial charge in [0.2, 0.25) is 0 Å². The van der Waals surface area contributed by atoms with Crippen molar-refractivity contribution in [2.75, 3.05) is 0 Å². The van der Waals surface area contributed by atoms with Crippen molar-refractivity contribution in [3.63, 3.8) is 0 Å². The topological polar surface area (TPSA) is 0 Å². The van der Waals surface area contributed by atoms with Gasteiger partial charge in [-0.25, -0.2) is 17.6 Å². The first-order valence-corrected chi connectivity index (χ1v) is 8.37. The van der Waals surface area contributed by atoms with Crippen LogP contribution in [0.5, 0.6) is 0 Å². The lowest BCUT2D eigenvalue weighted by Gasteiger charge is -2.10. The van der Waals surface area contributed by atoms with Crippen LogP contribution in [0.15, 0.2) is 42.5 Å². The van der Waals surface area contributed by atoms with Gasteiger partial charge in [0.1, 0.15) is 11.6 Å². The second kappa shape index (κ2) is 7.26. The molecule has 25 heavy (non-hydrogen) atoms. The molecule has 0 atom stereocenters. The van der Waals surface area contributed by atoms with Gasteiger partial charge in [0, 0.05) is 5.56 Å². The minimum atomic E-state index is -1.07. The van der Waals surface area contributed by atoms with Crippen molar-refractivity contribution in [1.29, 1.82) is 0 Å². The predicted molar refractivity (Wildman–Crippen MR) is 92.4 cm³/mol. The third kappa shape index (κ3) is 3.53. The molecule has 0 aliphatic heterocycles. The Bertz CT molecular complexity index is 915. The molecule has 0 bridgehead atoms. The molecule has 0 nitrogen and oxygen atoms in total. The Morgan fingerprint density at radius 1 is 0.760 bits per heavy atom. The Labute approximate surface area is 144 Å². The van der Waals surface area contributed by atoms with Gasteiger partial charge in [-0.1, -0.05) is 44.0 Å². The van der Waals surface area contributed by atoms with Crippen molar-refractivity contribution in [3.8, 4) is 11.1 Å². The lowest BCUT2D eigenvalue weighted by atomic mass is 9.97. The van der Waals surface area contributed by atoms with E-state index in [0.717, 1.165) is 43.4 Å². The molecule has 0 aromatic heterocycles. The van der Waals surface area contributed by atoms with Gasteiger partial charge < -0.3 is 0 Å². The van der Waals surface area contributed by atoms with E-state index in [0.29, 0.717) is 5.39 Å². The maximum absolute atomic E-state index is 14.8. The molecule has 0 spiro atoms. The SMILES string of the molecule is CCCCCc1cc(F)c2c(F)c(-c3ccc(F)c(F)c3)ccc2c1. The number of aryl methyl sites for hydroxylation is 1. The van der Waals surface area contributed by atoms with Crippen LogP contribution in [0.3, 0.4) is 0 Å². The average molecular weight is 346 g/mol. The summed E-state index contributed by atoms with van der Waals surface area (Å²) in [5.41, 5.74) is 1.05. The number of benzene rings is 3. The number of rotatable bonds is 5. The summed E-state index contributed by atoms with van der Waals surface area (Å²) in [4.78, 5) is 0. The first-order chi connectivity index (χ1) is 12.0. The van der Waals surface area contributed by atoms with Gasteiger partial charge in [0.05, 0.1) is 5.39 Å². The Hall–Kier alpha value is -2.36. The number of unbranched alkanes of at least 4 members (excludes halogenated alkanes) is 2. The van der Waals surface area contributed by atoms with Crippen molar-refractivity contribution in [3.05, 3.63) is 71.3 Å². The second-order valence-corrected chi connectivity index (χ2v) is 6.19. The Kier molecular flexibility index (Phi) is 5.07. The first kappa shape index (κ1) is 17.5. The van der Waals surface area contributed by atoms with E-state index in [1.54, 1.807) is 12.1 Å². The highest BCUT2D eigenvalue weighted by Gasteiger charge is 2.15. The van der Waals surface area contributed by atoms with Crippen molar-refractivity contribution in [1.82, 2.24) is 0 Å². The van der Waals surface area contributed by atoms with Crippen molar-refractivity contribution >= 4 is 10.8 Å². The van der Waals surface area contributed by atoms with Gasteiger partial charge in [0.15, 0.2) is 11.6 Å². The fourth-order valence-corrected chi connectivity index (χ4v) is 3.04. The molecular formula is C21H18F4. The van der Waals surface area contributed by atoms with E-state index < -0.39 is 23.3 Å². The Morgan fingerprint density at radius 3 is 2.28 bits per heavy atom. The molecule has 0 N–H and O–H groups in total. The lowest BCUT2D eigenvalue weighted by molar-refractivity contribution is 0.509. The molecule has 0 saturated carbocycles. The largest absolute Gasteiger partial charge is 0.206 e. The summed E-state index contributed by atoms with van der Waals surface area (Å²) in [6.07, 6.45) is 3.83. The van der Waals surface area contributed by atoms with Gasteiger partial charge in [0.25, 0.3) is 0 Å². The molecular weight excluding hydrogens is 328 g/mol. The highest BCUT2D eigenvalue weighted by molar-refractivity contribution is 5.89. The normalized spacial score (nSPS) is 11.2. The lowest BCUT2D eigenvalue weighted by Crippen LogP contribution is -1.94. The van der Waals surface area contributed by atoms with Crippen LogP contribution < -0.4 is 0 Å². The van der Waals surface area contributed by atoms with E-state index in [9.17, 15) is 17.6 Å². The van der Waals surface area contributed by atoms with Crippen LogP contribution in [-0.4, -0.2) is 0 Å². The molecule has 0 aliphatic rings. The van der Waals surface area contributed by atoms with Crippen molar-refractivity contribution in [2.24, 2.45) is 0 Å². The summed E-state index contributed by atoms with van der Waals surface area (Å²) in [5, 5.41) is 0.344. The summed E-state index contributed by atoms with van der Waals surface area (Å²) in [6, 6.07) is 9.35. The summed E-state index contributed by atoms with van der Waals surface area (Å²) >= 11 is 0. The molecule has 3 aromatic rings. The van der Waals surface area contributed by atoms with Crippen molar-refractivity contribution in [2.45, 2.75) is 32.6 Å². The molecule has 4 heteroatoms. The zero-order valence-corrected chi connectivity index (χ0v) is 13.9. The third-order valence-electron chi connectivity index (χ3n) is 4.37. The van der Waals surface area contributed by atoms with Crippen LogP contribution in [0.25, 0.3) is 21.9 Å². The Balaban J connectivity index is 2.06. The van der Waals surface area contributed by atoms with Crippen LogP contribution in [0, 0.1) is 23.3 Å². The quantitative estimate of drug-likeness (QED) is 0.352. The molecule has 0 aliphatic carbocycles. The van der Waals surface area contributed by atoms with E-state index in [-0.39, 0.29) is 16.5 Å². The number of hydrogen-bond donors (Lipinski definition) is 0. The van der Waals surface area contributed by atoms with E-state index in [2.05, 4.69) is 6.92 Å². The molecule has 0 fully saturated rings. The molecule has 0 radical (unpaired) electrons. The van der Waals surface area contributed by atoms with E-state index in [1.807, 2.05) is 0 Å². The van der Waals surface area contributed by atoms with Gasteiger partial charge >= 0.3 is 0 Å². The van der Waals surface area contributed by atoms with E-state index in [1.165, 1.54) is 18.2 Å². The molecule has 130 valence electrons. The van der Waals surface area contributed by atoms with E-state index in [4.69, 9.17) is 0 Å². The highest BCUT2D eigenvalue weighted by atomic mass is 19.2. The third-order valence-corrected chi connectivity index (χ3v) is 4.37. The smallest absolute Gasteiger partial charge is 0.159 e. The number of hydrogen-bond acceptors (Lipinski definition) is 0. The zero-order chi connectivity index (χ0) is 18.0. The number of fused-ring (bicyclic) bond motifs is 1. The van der Waals surface area contributed by atoms with Crippen LogP contribution in [0.4, 0.5) is 17.6 Å². The fourth-order valence-electron chi connectivity index (χ4n) is 3.04. The molecule has 0 heterocycles. The monoisotopic (exact) mass is 346 g/mol.